The first kappa shape index (κ1) is 14.9. The van der Waals surface area contributed by atoms with Gasteiger partial charge in [-0.1, -0.05) is 12.1 Å². The molecule has 1 aromatic carbocycles. The molecule has 0 atom stereocenters. The van der Waals surface area contributed by atoms with Gasteiger partial charge in [0, 0.05) is 6.20 Å². The predicted molar refractivity (Wildman–Crippen MR) is 74.0 cm³/mol. The molecule has 7 nitrogen and oxygen atoms in total. The number of hydrogen-bond donors (Lipinski definition) is 2. The van der Waals surface area contributed by atoms with Crippen LogP contribution in [-0.2, 0) is 10.0 Å². The number of carbonyl (C=O) groups is 1. The lowest BCUT2D eigenvalue weighted by molar-refractivity contribution is 0.0696. The summed E-state index contributed by atoms with van der Waals surface area (Å²) in [5.41, 5.74) is -0.0542. The number of benzene rings is 1. The van der Waals surface area contributed by atoms with Crippen LogP contribution in [0.2, 0.25) is 0 Å². The van der Waals surface area contributed by atoms with Crippen molar-refractivity contribution >= 4 is 16.0 Å². The minimum atomic E-state index is -3.69. The highest BCUT2D eigenvalue weighted by molar-refractivity contribution is 7.89. The molecule has 8 heteroatoms. The van der Waals surface area contributed by atoms with Gasteiger partial charge in [0.1, 0.15) is 16.4 Å². The molecule has 0 unspecified atom stereocenters. The molecule has 0 radical (unpaired) electrons. The molecule has 110 valence electrons. The van der Waals surface area contributed by atoms with Crippen molar-refractivity contribution < 1.29 is 23.1 Å². The Morgan fingerprint density at radius 1 is 1.29 bits per heavy atom. The van der Waals surface area contributed by atoms with Crippen LogP contribution in [0.1, 0.15) is 10.4 Å². The van der Waals surface area contributed by atoms with E-state index in [2.05, 4.69) is 9.71 Å². The largest absolute Gasteiger partial charge is 0.478 e. The van der Waals surface area contributed by atoms with Gasteiger partial charge in [0.2, 0.25) is 10.0 Å². The summed E-state index contributed by atoms with van der Waals surface area (Å²) in [6.07, 6.45) is 2.47. The van der Waals surface area contributed by atoms with Crippen LogP contribution >= 0.6 is 0 Å². The third kappa shape index (κ3) is 3.36. The maximum absolute atomic E-state index is 11.9. The Morgan fingerprint density at radius 2 is 2.00 bits per heavy atom. The summed E-state index contributed by atoms with van der Waals surface area (Å²) in [6.45, 7) is 0. The lowest BCUT2D eigenvalue weighted by Crippen LogP contribution is -2.19. The highest BCUT2D eigenvalue weighted by atomic mass is 32.2. The van der Waals surface area contributed by atoms with E-state index in [0.29, 0.717) is 0 Å². The van der Waals surface area contributed by atoms with Crippen molar-refractivity contribution in [3.63, 3.8) is 0 Å². The van der Waals surface area contributed by atoms with Crippen LogP contribution in [0.3, 0.4) is 0 Å². The average molecular weight is 308 g/mol. The molecule has 0 fully saturated rings. The van der Waals surface area contributed by atoms with Crippen LogP contribution in [0.4, 0.5) is 0 Å². The van der Waals surface area contributed by atoms with Gasteiger partial charge in [-0.3, -0.25) is 4.98 Å². The van der Waals surface area contributed by atoms with Gasteiger partial charge < -0.3 is 9.84 Å². The van der Waals surface area contributed by atoms with Crippen LogP contribution in [0.5, 0.6) is 11.5 Å². The zero-order chi connectivity index (χ0) is 15.5. The van der Waals surface area contributed by atoms with E-state index < -0.39 is 16.0 Å². The monoisotopic (exact) mass is 308 g/mol. The van der Waals surface area contributed by atoms with Gasteiger partial charge >= 0.3 is 5.97 Å². The Bertz CT molecular complexity index is 774. The van der Waals surface area contributed by atoms with E-state index in [9.17, 15) is 13.2 Å². The molecule has 2 rings (SSSR count). The van der Waals surface area contributed by atoms with Crippen molar-refractivity contribution in [3.05, 3.63) is 48.3 Å². The molecule has 0 spiro atoms. The third-order valence-corrected chi connectivity index (χ3v) is 4.05. The molecule has 0 aliphatic carbocycles. The van der Waals surface area contributed by atoms with E-state index in [4.69, 9.17) is 9.84 Å². The van der Waals surface area contributed by atoms with Gasteiger partial charge in [-0.05, 0) is 25.2 Å². The summed E-state index contributed by atoms with van der Waals surface area (Å²) < 4.78 is 31.4. The number of nitrogens with one attached hydrogen (secondary N) is 1. The fourth-order valence-corrected chi connectivity index (χ4v) is 2.44. The molecule has 1 heterocycles. The summed E-state index contributed by atoms with van der Waals surface area (Å²) in [5, 5.41) is 8.90. The molecular formula is C13H12N2O5S. The van der Waals surface area contributed by atoms with Crippen molar-refractivity contribution in [1.82, 2.24) is 9.71 Å². The van der Waals surface area contributed by atoms with E-state index in [0.717, 1.165) is 0 Å². The van der Waals surface area contributed by atoms with E-state index in [1.165, 1.54) is 37.6 Å². The molecule has 1 aromatic heterocycles. The second-order valence-electron chi connectivity index (χ2n) is 3.97. The van der Waals surface area contributed by atoms with Crippen LogP contribution in [0.15, 0.2) is 47.6 Å². The van der Waals surface area contributed by atoms with Gasteiger partial charge in [0.15, 0.2) is 0 Å². The van der Waals surface area contributed by atoms with E-state index in [1.54, 1.807) is 12.1 Å². The minimum Gasteiger partial charge on any atom is -0.478 e. The number of sulfonamides is 1. The molecule has 0 amide bonds. The Morgan fingerprint density at radius 3 is 2.67 bits per heavy atom. The van der Waals surface area contributed by atoms with Gasteiger partial charge in [-0.2, -0.15) is 0 Å². The number of aromatic carboxylic acids is 1. The number of ether oxygens (including phenoxy) is 1. The molecule has 0 aliphatic rings. The quantitative estimate of drug-likeness (QED) is 0.866. The van der Waals surface area contributed by atoms with Crippen molar-refractivity contribution in [3.8, 4) is 11.5 Å². The average Bonchev–Trinajstić information content (AvgIpc) is 2.48. The molecule has 21 heavy (non-hydrogen) atoms. The Hall–Kier alpha value is -2.45. The van der Waals surface area contributed by atoms with Crippen LogP contribution in [-0.4, -0.2) is 31.5 Å². The topological polar surface area (TPSA) is 106 Å². The SMILES string of the molecule is CNS(=O)(=O)c1ccccc1Oc1cncc(C(=O)O)c1. The third-order valence-electron chi connectivity index (χ3n) is 2.60. The van der Waals surface area contributed by atoms with Gasteiger partial charge in [-0.25, -0.2) is 17.9 Å². The van der Waals surface area contributed by atoms with E-state index >= 15 is 0 Å². The van der Waals surface area contributed by atoms with E-state index in [1.807, 2.05) is 0 Å². The predicted octanol–water partition coefficient (Wildman–Crippen LogP) is 1.48. The number of carboxylic acids is 1. The number of aromatic nitrogens is 1. The molecule has 2 aromatic rings. The number of rotatable bonds is 5. The summed E-state index contributed by atoms with van der Waals surface area (Å²) in [7, 11) is -2.40. The summed E-state index contributed by atoms with van der Waals surface area (Å²) in [6, 6.07) is 7.28. The van der Waals surface area contributed by atoms with Crippen molar-refractivity contribution in [1.29, 1.82) is 0 Å². The van der Waals surface area contributed by atoms with Crippen LogP contribution < -0.4 is 9.46 Å². The Kier molecular flexibility index (Phi) is 4.20. The number of hydrogen-bond acceptors (Lipinski definition) is 5. The smallest absolute Gasteiger partial charge is 0.337 e. The van der Waals surface area contributed by atoms with Gasteiger partial charge in [0.05, 0.1) is 11.8 Å². The first-order valence-corrected chi connectivity index (χ1v) is 7.31. The second-order valence-corrected chi connectivity index (χ2v) is 5.83. The number of pyridine rings is 1. The van der Waals surface area contributed by atoms with Crippen LogP contribution in [0, 0.1) is 0 Å². The first-order chi connectivity index (χ1) is 9.94. The summed E-state index contributed by atoms with van der Waals surface area (Å²) in [4.78, 5) is 14.6. The maximum atomic E-state index is 11.9. The minimum absolute atomic E-state index is 0.0479. The lowest BCUT2D eigenvalue weighted by Gasteiger charge is -2.11. The van der Waals surface area contributed by atoms with Crippen molar-refractivity contribution in [2.24, 2.45) is 0 Å². The van der Waals surface area contributed by atoms with E-state index in [-0.39, 0.29) is 22.0 Å². The molecule has 0 bridgehead atoms. The van der Waals surface area contributed by atoms with Crippen LogP contribution in [0.25, 0.3) is 0 Å². The summed E-state index contributed by atoms with van der Waals surface area (Å²) in [5.74, 6) is -0.936. The fraction of sp³-hybridized carbons (Fsp3) is 0.0769. The first-order valence-electron chi connectivity index (χ1n) is 5.83. The highest BCUT2D eigenvalue weighted by Gasteiger charge is 2.18. The van der Waals surface area contributed by atoms with Gasteiger partial charge in [0.25, 0.3) is 0 Å². The second kappa shape index (κ2) is 5.90. The van der Waals surface area contributed by atoms with Crippen molar-refractivity contribution in [2.75, 3.05) is 7.05 Å². The number of nitrogens with zero attached hydrogens (tertiary/aromatic N) is 1. The lowest BCUT2D eigenvalue weighted by atomic mass is 10.3. The highest BCUT2D eigenvalue weighted by Crippen LogP contribution is 2.28. The summed E-state index contributed by atoms with van der Waals surface area (Å²) >= 11 is 0. The zero-order valence-corrected chi connectivity index (χ0v) is 11.8. The number of para-hydroxylation sites is 1. The zero-order valence-electron chi connectivity index (χ0n) is 11.0. The molecule has 2 N–H and O–H groups in total. The fourth-order valence-electron chi connectivity index (χ4n) is 1.59. The number of carboxylic acid groups (broad SMARTS) is 1. The van der Waals surface area contributed by atoms with Gasteiger partial charge in [-0.15, -0.1) is 0 Å². The molecule has 0 saturated heterocycles. The molecule has 0 aliphatic heterocycles. The molecule has 0 saturated carbocycles. The van der Waals surface area contributed by atoms with Crippen molar-refractivity contribution in [2.45, 2.75) is 4.90 Å². The standard InChI is InChI=1S/C13H12N2O5S/c1-14-21(18,19)12-5-3-2-4-11(12)20-10-6-9(13(16)17)7-15-8-10/h2-8,14H,1H3,(H,16,17). The maximum Gasteiger partial charge on any atom is 0.337 e. The Labute approximate surface area is 121 Å². The molecular weight excluding hydrogens is 296 g/mol. The normalized spacial score (nSPS) is 11.1. The Balaban J connectivity index is 2.41.